The molecule has 3 atom stereocenters. The Labute approximate surface area is 101 Å². The summed E-state index contributed by atoms with van der Waals surface area (Å²) in [6.07, 6.45) is 12.7. The third-order valence-electron chi connectivity index (χ3n) is 6.57. The second-order valence-electron chi connectivity index (χ2n) is 7.19. The third-order valence-corrected chi connectivity index (χ3v) is 6.57. The minimum atomic E-state index is 0.593. The highest BCUT2D eigenvalue weighted by Gasteiger charge is 2.61. The lowest BCUT2D eigenvalue weighted by Gasteiger charge is -2.41. The normalized spacial score (nSPS) is 45.8. The zero-order valence-electron chi connectivity index (χ0n) is 11.2. The molecular weight excluding hydrogens is 192 g/mol. The molecule has 0 aromatic heterocycles. The maximum Gasteiger partial charge on any atom is -0.0141 e. The van der Waals surface area contributed by atoms with Crippen molar-refractivity contribution in [2.45, 2.75) is 65.7 Å². The molecule has 2 bridgehead atoms. The van der Waals surface area contributed by atoms with Crippen LogP contribution in [0, 0.1) is 22.7 Å². The SMILES string of the molecule is CC1(C)[C@H]2CC[C@@]1(C)[C@H](C1=CCCCC1)C2. The summed E-state index contributed by atoms with van der Waals surface area (Å²) in [5.74, 6) is 1.94. The highest BCUT2D eigenvalue weighted by atomic mass is 14.7. The number of allylic oxidation sites excluding steroid dienone is 2. The van der Waals surface area contributed by atoms with Gasteiger partial charge in [-0.25, -0.2) is 0 Å². The number of hydrogen-bond donors (Lipinski definition) is 0. The van der Waals surface area contributed by atoms with E-state index in [1.54, 1.807) is 0 Å². The molecule has 0 amide bonds. The summed E-state index contributed by atoms with van der Waals surface area (Å²) in [5, 5.41) is 0. The fraction of sp³-hybridized carbons (Fsp3) is 0.875. The Hall–Kier alpha value is -0.260. The molecule has 2 fully saturated rings. The molecule has 0 aliphatic heterocycles. The maximum absolute atomic E-state index is 2.59. The van der Waals surface area contributed by atoms with Crippen molar-refractivity contribution in [3.05, 3.63) is 11.6 Å². The van der Waals surface area contributed by atoms with E-state index in [1.807, 2.05) is 5.57 Å². The third kappa shape index (κ3) is 1.22. The van der Waals surface area contributed by atoms with Gasteiger partial charge in [-0.2, -0.15) is 0 Å². The Morgan fingerprint density at radius 2 is 2.00 bits per heavy atom. The summed E-state index contributed by atoms with van der Waals surface area (Å²) in [7, 11) is 0. The number of rotatable bonds is 1. The van der Waals surface area contributed by atoms with Crippen molar-refractivity contribution in [1.82, 2.24) is 0 Å². The van der Waals surface area contributed by atoms with Crippen LogP contribution in [0.25, 0.3) is 0 Å². The predicted octanol–water partition coefficient (Wildman–Crippen LogP) is 4.95. The molecule has 16 heavy (non-hydrogen) atoms. The van der Waals surface area contributed by atoms with Crippen LogP contribution in [0.2, 0.25) is 0 Å². The van der Waals surface area contributed by atoms with Crippen LogP contribution in [0.15, 0.2) is 11.6 Å². The van der Waals surface area contributed by atoms with E-state index in [1.165, 1.54) is 44.9 Å². The number of hydrogen-bond acceptors (Lipinski definition) is 0. The largest absolute Gasteiger partial charge is 0.0850 e. The first-order valence-electron chi connectivity index (χ1n) is 7.24. The molecule has 0 spiro atoms. The van der Waals surface area contributed by atoms with Gasteiger partial charge >= 0.3 is 0 Å². The average Bonchev–Trinajstić information content (AvgIpc) is 2.62. The van der Waals surface area contributed by atoms with E-state index in [0.717, 1.165) is 11.8 Å². The highest BCUT2D eigenvalue weighted by Crippen LogP contribution is 2.69. The van der Waals surface area contributed by atoms with Crippen molar-refractivity contribution in [3.8, 4) is 0 Å². The fourth-order valence-corrected chi connectivity index (χ4v) is 4.94. The summed E-state index contributed by atoms with van der Waals surface area (Å²) in [5.41, 5.74) is 3.04. The van der Waals surface area contributed by atoms with Gasteiger partial charge in [0.15, 0.2) is 0 Å². The zero-order valence-corrected chi connectivity index (χ0v) is 11.2. The van der Waals surface area contributed by atoms with Crippen molar-refractivity contribution in [2.75, 3.05) is 0 Å². The van der Waals surface area contributed by atoms with E-state index >= 15 is 0 Å². The first kappa shape index (κ1) is 10.9. The van der Waals surface area contributed by atoms with Gasteiger partial charge in [0.25, 0.3) is 0 Å². The molecule has 3 aliphatic rings. The van der Waals surface area contributed by atoms with E-state index in [2.05, 4.69) is 26.8 Å². The van der Waals surface area contributed by atoms with Crippen molar-refractivity contribution in [3.63, 3.8) is 0 Å². The summed E-state index contributed by atoms with van der Waals surface area (Å²) >= 11 is 0. The molecule has 3 rings (SSSR count). The van der Waals surface area contributed by atoms with Gasteiger partial charge in [0.2, 0.25) is 0 Å². The van der Waals surface area contributed by atoms with Crippen molar-refractivity contribution in [1.29, 1.82) is 0 Å². The molecule has 2 saturated carbocycles. The Morgan fingerprint density at radius 3 is 2.50 bits per heavy atom. The Morgan fingerprint density at radius 1 is 1.19 bits per heavy atom. The van der Waals surface area contributed by atoms with E-state index < -0.39 is 0 Å². The van der Waals surface area contributed by atoms with Crippen LogP contribution in [0.4, 0.5) is 0 Å². The smallest absolute Gasteiger partial charge is 0.0141 e. The van der Waals surface area contributed by atoms with Gasteiger partial charge in [-0.05, 0) is 67.6 Å². The molecular formula is C16H26. The Balaban J connectivity index is 1.92. The fourth-order valence-electron chi connectivity index (χ4n) is 4.94. The van der Waals surface area contributed by atoms with Crippen LogP contribution in [0.3, 0.4) is 0 Å². The standard InChI is InChI=1S/C16H26/c1-15(2)13-9-10-16(15,3)14(11-13)12-7-5-4-6-8-12/h7,13-14H,4-6,8-11H2,1-3H3/t13-,14-,16-/m0/s1. The topological polar surface area (TPSA) is 0 Å². The van der Waals surface area contributed by atoms with E-state index in [4.69, 9.17) is 0 Å². The molecule has 0 aromatic carbocycles. The van der Waals surface area contributed by atoms with Crippen LogP contribution in [-0.4, -0.2) is 0 Å². The quantitative estimate of drug-likeness (QED) is 0.546. The molecule has 0 heterocycles. The summed E-state index contributed by atoms with van der Waals surface area (Å²) in [6, 6.07) is 0. The number of fused-ring (bicyclic) bond motifs is 2. The summed E-state index contributed by atoms with van der Waals surface area (Å²) in [4.78, 5) is 0. The van der Waals surface area contributed by atoms with E-state index in [-0.39, 0.29) is 0 Å². The molecule has 0 aromatic rings. The minimum Gasteiger partial charge on any atom is -0.0850 e. The molecule has 0 N–H and O–H groups in total. The lowest BCUT2D eigenvalue weighted by Crippen LogP contribution is -2.33. The second kappa shape index (κ2) is 3.37. The lowest BCUT2D eigenvalue weighted by atomic mass is 9.64. The summed E-state index contributed by atoms with van der Waals surface area (Å²) in [6.45, 7) is 7.65. The van der Waals surface area contributed by atoms with Gasteiger partial charge in [0.1, 0.15) is 0 Å². The average molecular weight is 218 g/mol. The molecule has 90 valence electrons. The van der Waals surface area contributed by atoms with Gasteiger partial charge in [-0.15, -0.1) is 0 Å². The first-order chi connectivity index (χ1) is 7.56. The zero-order chi connectivity index (χ0) is 11.4. The summed E-state index contributed by atoms with van der Waals surface area (Å²) < 4.78 is 0. The van der Waals surface area contributed by atoms with Gasteiger partial charge in [-0.3, -0.25) is 0 Å². The Kier molecular flexibility index (Phi) is 2.29. The Bertz CT molecular complexity index is 323. The second-order valence-corrected chi connectivity index (χ2v) is 7.19. The van der Waals surface area contributed by atoms with Crippen LogP contribution in [0.5, 0.6) is 0 Å². The van der Waals surface area contributed by atoms with E-state index in [0.29, 0.717) is 10.8 Å². The van der Waals surface area contributed by atoms with Gasteiger partial charge in [-0.1, -0.05) is 32.4 Å². The lowest BCUT2D eigenvalue weighted by molar-refractivity contribution is 0.116. The van der Waals surface area contributed by atoms with Crippen molar-refractivity contribution in [2.24, 2.45) is 22.7 Å². The molecule has 3 aliphatic carbocycles. The molecule has 0 heteroatoms. The van der Waals surface area contributed by atoms with Gasteiger partial charge < -0.3 is 0 Å². The van der Waals surface area contributed by atoms with Crippen LogP contribution >= 0.6 is 0 Å². The van der Waals surface area contributed by atoms with Crippen LogP contribution in [0.1, 0.15) is 65.7 Å². The van der Waals surface area contributed by atoms with Crippen molar-refractivity contribution < 1.29 is 0 Å². The molecule has 0 unspecified atom stereocenters. The molecule has 0 nitrogen and oxygen atoms in total. The first-order valence-corrected chi connectivity index (χ1v) is 7.24. The molecule has 0 saturated heterocycles. The van der Waals surface area contributed by atoms with Crippen LogP contribution < -0.4 is 0 Å². The monoisotopic (exact) mass is 218 g/mol. The van der Waals surface area contributed by atoms with Crippen molar-refractivity contribution >= 4 is 0 Å². The van der Waals surface area contributed by atoms with Gasteiger partial charge in [0.05, 0.1) is 0 Å². The van der Waals surface area contributed by atoms with Crippen LogP contribution in [-0.2, 0) is 0 Å². The maximum atomic E-state index is 2.59. The van der Waals surface area contributed by atoms with E-state index in [9.17, 15) is 0 Å². The predicted molar refractivity (Wildman–Crippen MR) is 69.3 cm³/mol. The minimum absolute atomic E-state index is 0.593. The van der Waals surface area contributed by atoms with Gasteiger partial charge in [0, 0.05) is 0 Å². The highest BCUT2D eigenvalue weighted by molar-refractivity contribution is 5.22. The molecule has 0 radical (unpaired) electrons.